The van der Waals surface area contributed by atoms with Crippen LogP contribution < -0.4 is 15.5 Å². The summed E-state index contributed by atoms with van der Waals surface area (Å²) in [7, 11) is 0. The van der Waals surface area contributed by atoms with Gasteiger partial charge >= 0.3 is 5.97 Å². The van der Waals surface area contributed by atoms with Gasteiger partial charge in [-0.2, -0.15) is 0 Å². The highest BCUT2D eigenvalue weighted by atomic mass is 16.5. The average molecular weight is 437 g/mol. The lowest BCUT2D eigenvalue weighted by atomic mass is 10.1. The van der Waals surface area contributed by atoms with Crippen LogP contribution in [-0.4, -0.2) is 42.9 Å². The first-order valence-electron chi connectivity index (χ1n) is 10.5. The van der Waals surface area contributed by atoms with E-state index in [1.54, 1.807) is 35.2 Å². The van der Waals surface area contributed by atoms with Crippen molar-refractivity contribution in [2.24, 2.45) is 0 Å². The Kier molecular flexibility index (Phi) is 7.25. The molecule has 2 aromatic rings. The molecule has 0 aliphatic carbocycles. The van der Waals surface area contributed by atoms with Gasteiger partial charge in [0.2, 0.25) is 5.91 Å². The van der Waals surface area contributed by atoms with Crippen molar-refractivity contribution in [3.8, 4) is 0 Å². The minimum atomic E-state index is -1.02. The number of anilines is 2. The van der Waals surface area contributed by atoms with E-state index in [1.165, 1.54) is 6.92 Å². The zero-order chi connectivity index (χ0) is 23.3. The number of esters is 1. The quantitative estimate of drug-likeness (QED) is 0.648. The Balaban J connectivity index is 1.46. The highest BCUT2D eigenvalue weighted by molar-refractivity contribution is 5.99. The Morgan fingerprint density at radius 2 is 1.81 bits per heavy atom. The molecule has 3 rings (SSSR count). The SMILES string of the molecule is Cc1ccc(NC(=O)C(C)OC(=O)CNC(=O)c2ccc(N3CCCC3=O)cc2)c(C)c1. The average Bonchev–Trinajstić information content (AvgIpc) is 3.19. The number of hydrogen-bond acceptors (Lipinski definition) is 5. The van der Waals surface area contributed by atoms with E-state index < -0.39 is 23.9 Å². The maximum atomic E-state index is 12.3. The topological polar surface area (TPSA) is 105 Å². The summed E-state index contributed by atoms with van der Waals surface area (Å²) >= 11 is 0. The number of nitrogens with zero attached hydrogens (tertiary/aromatic N) is 1. The fraction of sp³-hybridized carbons (Fsp3) is 0.333. The van der Waals surface area contributed by atoms with Crippen LogP contribution in [0.3, 0.4) is 0 Å². The lowest BCUT2D eigenvalue weighted by Gasteiger charge is -2.16. The van der Waals surface area contributed by atoms with Gasteiger partial charge in [-0.3, -0.25) is 19.2 Å². The second kappa shape index (κ2) is 10.1. The number of amides is 3. The van der Waals surface area contributed by atoms with Gasteiger partial charge in [-0.15, -0.1) is 0 Å². The molecule has 1 aliphatic heterocycles. The first-order valence-corrected chi connectivity index (χ1v) is 10.5. The van der Waals surface area contributed by atoms with E-state index in [1.807, 2.05) is 26.0 Å². The van der Waals surface area contributed by atoms with Crippen LogP contribution >= 0.6 is 0 Å². The van der Waals surface area contributed by atoms with Gasteiger partial charge in [0.05, 0.1) is 0 Å². The summed E-state index contributed by atoms with van der Waals surface area (Å²) in [5.74, 6) is -1.56. The number of hydrogen-bond donors (Lipinski definition) is 2. The molecule has 8 nitrogen and oxygen atoms in total. The molecule has 0 saturated carbocycles. The molecule has 2 N–H and O–H groups in total. The molecule has 1 saturated heterocycles. The van der Waals surface area contributed by atoms with Crippen LogP contribution in [0.2, 0.25) is 0 Å². The normalized spacial score (nSPS) is 14.1. The second-order valence-electron chi connectivity index (χ2n) is 7.82. The number of carbonyl (C=O) groups excluding carboxylic acids is 4. The van der Waals surface area contributed by atoms with Crippen LogP contribution in [-0.2, 0) is 19.1 Å². The van der Waals surface area contributed by atoms with E-state index in [-0.39, 0.29) is 12.5 Å². The van der Waals surface area contributed by atoms with Crippen LogP contribution in [0.4, 0.5) is 11.4 Å². The Morgan fingerprint density at radius 3 is 2.44 bits per heavy atom. The molecule has 0 bridgehead atoms. The summed E-state index contributed by atoms with van der Waals surface area (Å²) in [4.78, 5) is 50.1. The molecule has 1 aliphatic rings. The largest absolute Gasteiger partial charge is 0.451 e. The molecule has 32 heavy (non-hydrogen) atoms. The third-order valence-electron chi connectivity index (χ3n) is 5.23. The molecule has 1 fully saturated rings. The van der Waals surface area contributed by atoms with Gasteiger partial charge in [-0.1, -0.05) is 17.7 Å². The third-order valence-corrected chi connectivity index (χ3v) is 5.23. The van der Waals surface area contributed by atoms with Gasteiger partial charge in [0.15, 0.2) is 6.10 Å². The predicted molar refractivity (Wildman–Crippen MR) is 120 cm³/mol. The highest BCUT2D eigenvalue weighted by Crippen LogP contribution is 2.21. The number of ether oxygens (including phenoxy) is 1. The summed E-state index contributed by atoms with van der Waals surface area (Å²) in [6, 6.07) is 12.2. The predicted octanol–water partition coefficient (Wildman–Crippen LogP) is 2.73. The molecule has 0 aromatic heterocycles. The van der Waals surface area contributed by atoms with E-state index in [2.05, 4.69) is 10.6 Å². The van der Waals surface area contributed by atoms with E-state index >= 15 is 0 Å². The Hall–Kier alpha value is -3.68. The van der Waals surface area contributed by atoms with Crippen LogP contribution in [0.1, 0.15) is 41.3 Å². The van der Waals surface area contributed by atoms with Crippen molar-refractivity contribution in [2.45, 2.75) is 39.7 Å². The fourth-order valence-corrected chi connectivity index (χ4v) is 3.45. The van der Waals surface area contributed by atoms with E-state index in [9.17, 15) is 19.2 Å². The molecular formula is C24H27N3O5. The lowest BCUT2D eigenvalue weighted by Crippen LogP contribution is -2.36. The van der Waals surface area contributed by atoms with Crippen molar-refractivity contribution < 1.29 is 23.9 Å². The van der Waals surface area contributed by atoms with Crippen molar-refractivity contribution in [3.63, 3.8) is 0 Å². The van der Waals surface area contributed by atoms with Gasteiger partial charge < -0.3 is 20.3 Å². The Labute approximate surface area is 186 Å². The Bertz CT molecular complexity index is 1030. The van der Waals surface area contributed by atoms with Crippen molar-refractivity contribution in [1.29, 1.82) is 0 Å². The Morgan fingerprint density at radius 1 is 1.09 bits per heavy atom. The molecule has 0 spiro atoms. The zero-order valence-electron chi connectivity index (χ0n) is 18.4. The maximum absolute atomic E-state index is 12.3. The number of nitrogens with one attached hydrogen (secondary N) is 2. The van der Waals surface area contributed by atoms with Crippen LogP contribution in [0.5, 0.6) is 0 Å². The van der Waals surface area contributed by atoms with Gasteiger partial charge in [0.1, 0.15) is 6.54 Å². The number of carbonyl (C=O) groups is 4. The number of benzene rings is 2. The van der Waals surface area contributed by atoms with Crippen LogP contribution in [0.25, 0.3) is 0 Å². The number of aryl methyl sites for hydroxylation is 2. The summed E-state index contributed by atoms with van der Waals surface area (Å²) < 4.78 is 5.12. The molecule has 1 heterocycles. The third kappa shape index (κ3) is 5.72. The molecule has 1 atom stereocenters. The summed E-state index contributed by atoms with van der Waals surface area (Å²) in [5.41, 5.74) is 3.73. The lowest BCUT2D eigenvalue weighted by molar-refractivity contribution is -0.152. The summed E-state index contributed by atoms with van der Waals surface area (Å²) in [5, 5.41) is 5.21. The maximum Gasteiger partial charge on any atom is 0.326 e. The molecule has 1 unspecified atom stereocenters. The highest BCUT2D eigenvalue weighted by Gasteiger charge is 2.22. The van der Waals surface area contributed by atoms with Crippen molar-refractivity contribution >= 4 is 35.1 Å². The minimum absolute atomic E-state index is 0.0700. The van der Waals surface area contributed by atoms with Crippen molar-refractivity contribution in [1.82, 2.24) is 5.32 Å². The monoisotopic (exact) mass is 437 g/mol. The van der Waals surface area contributed by atoms with Gasteiger partial charge in [0.25, 0.3) is 11.8 Å². The van der Waals surface area contributed by atoms with E-state index in [4.69, 9.17) is 4.74 Å². The van der Waals surface area contributed by atoms with Crippen molar-refractivity contribution in [2.75, 3.05) is 23.3 Å². The molecule has 8 heteroatoms. The summed E-state index contributed by atoms with van der Waals surface area (Å²) in [6.45, 7) is 5.61. The zero-order valence-corrected chi connectivity index (χ0v) is 18.4. The molecular weight excluding hydrogens is 410 g/mol. The van der Waals surface area contributed by atoms with Crippen LogP contribution in [0, 0.1) is 13.8 Å². The molecule has 0 radical (unpaired) electrons. The van der Waals surface area contributed by atoms with Gasteiger partial charge in [-0.05, 0) is 63.1 Å². The van der Waals surface area contributed by atoms with E-state index in [0.29, 0.717) is 24.2 Å². The first kappa shape index (κ1) is 23.0. The van der Waals surface area contributed by atoms with Crippen LogP contribution in [0.15, 0.2) is 42.5 Å². The standard InChI is InChI=1S/C24H27N3O5/c1-15-6-11-20(16(2)13-15)26-23(30)17(3)32-22(29)14-25-24(31)18-7-9-19(10-8-18)27-12-4-5-21(27)28/h6-11,13,17H,4-5,12,14H2,1-3H3,(H,25,31)(H,26,30). The molecule has 3 amide bonds. The summed E-state index contributed by atoms with van der Waals surface area (Å²) in [6.07, 6.45) is 0.341. The van der Waals surface area contributed by atoms with Crippen molar-refractivity contribution in [3.05, 3.63) is 59.2 Å². The smallest absolute Gasteiger partial charge is 0.326 e. The van der Waals surface area contributed by atoms with E-state index in [0.717, 1.165) is 23.2 Å². The first-order chi connectivity index (χ1) is 15.2. The molecule has 2 aromatic carbocycles. The number of rotatable bonds is 7. The fourth-order valence-electron chi connectivity index (χ4n) is 3.45. The molecule has 168 valence electrons. The van der Waals surface area contributed by atoms with Gasteiger partial charge in [-0.25, -0.2) is 0 Å². The second-order valence-corrected chi connectivity index (χ2v) is 7.82. The minimum Gasteiger partial charge on any atom is -0.451 e. The van der Waals surface area contributed by atoms with Gasteiger partial charge in [0, 0.05) is 29.9 Å².